The van der Waals surface area contributed by atoms with Gasteiger partial charge >= 0.3 is 6.03 Å². The van der Waals surface area contributed by atoms with E-state index in [4.69, 9.17) is 9.47 Å². The first kappa shape index (κ1) is 27.9. The smallest absolute Gasteiger partial charge is 0.335 e. The van der Waals surface area contributed by atoms with Crippen molar-refractivity contribution < 1.29 is 23.9 Å². The fourth-order valence-corrected chi connectivity index (χ4v) is 5.04. The first-order valence-electron chi connectivity index (χ1n) is 12.9. The molecular formula is C33H27BrN2O5. The number of rotatable bonds is 8. The number of barbiturate groups is 1. The summed E-state index contributed by atoms with van der Waals surface area (Å²) in [6.07, 6.45) is 1.45. The topological polar surface area (TPSA) is 84.9 Å². The molecule has 0 aliphatic carbocycles. The Balaban J connectivity index is 1.29. The van der Waals surface area contributed by atoms with Crippen LogP contribution in [0.15, 0.2) is 101 Å². The Morgan fingerprint density at radius 1 is 0.780 bits per heavy atom. The van der Waals surface area contributed by atoms with E-state index < -0.39 is 17.8 Å². The number of anilines is 1. The molecule has 0 unspecified atom stereocenters. The number of amides is 4. The second kappa shape index (κ2) is 12.2. The Labute approximate surface area is 246 Å². The largest absolute Gasteiger partial charge is 0.489 e. The molecule has 1 aliphatic heterocycles. The average molecular weight is 611 g/mol. The van der Waals surface area contributed by atoms with Gasteiger partial charge in [0, 0.05) is 0 Å². The number of nitrogens with one attached hydrogen (secondary N) is 1. The lowest BCUT2D eigenvalue weighted by Crippen LogP contribution is -2.54. The molecule has 206 valence electrons. The number of hydrogen-bond acceptors (Lipinski definition) is 5. The predicted molar refractivity (Wildman–Crippen MR) is 161 cm³/mol. The fraction of sp³-hybridized carbons (Fsp3) is 0.121. The molecule has 1 fully saturated rings. The molecule has 1 aliphatic rings. The molecule has 0 spiro atoms. The maximum absolute atomic E-state index is 13.3. The highest BCUT2D eigenvalue weighted by atomic mass is 79.9. The van der Waals surface area contributed by atoms with Crippen molar-refractivity contribution >= 4 is 45.5 Å². The van der Waals surface area contributed by atoms with Crippen LogP contribution in [0.4, 0.5) is 10.5 Å². The normalized spacial score (nSPS) is 14.3. The molecule has 4 aromatic rings. The van der Waals surface area contributed by atoms with Gasteiger partial charge in [0.15, 0.2) is 0 Å². The van der Waals surface area contributed by atoms with Gasteiger partial charge in [0.25, 0.3) is 11.8 Å². The summed E-state index contributed by atoms with van der Waals surface area (Å²) in [5.41, 5.74) is 5.15. The summed E-state index contributed by atoms with van der Waals surface area (Å²) < 4.78 is 12.4. The number of aryl methyl sites for hydroxylation is 2. The molecule has 4 amide bonds. The highest BCUT2D eigenvalue weighted by Crippen LogP contribution is 2.29. The highest BCUT2D eigenvalue weighted by Gasteiger charge is 2.36. The van der Waals surface area contributed by atoms with Crippen LogP contribution in [0.2, 0.25) is 0 Å². The van der Waals surface area contributed by atoms with Gasteiger partial charge in [0.2, 0.25) is 0 Å². The molecule has 0 aromatic heterocycles. The molecule has 4 aromatic carbocycles. The maximum atomic E-state index is 13.3. The van der Waals surface area contributed by atoms with Crippen LogP contribution in [0.1, 0.15) is 27.8 Å². The molecule has 0 bridgehead atoms. The van der Waals surface area contributed by atoms with E-state index in [1.165, 1.54) is 17.2 Å². The number of hydrogen-bond donors (Lipinski definition) is 1. The van der Waals surface area contributed by atoms with Gasteiger partial charge in [0.05, 0.1) is 10.2 Å². The van der Waals surface area contributed by atoms with Gasteiger partial charge in [-0.1, -0.05) is 65.7 Å². The SMILES string of the molecule is Cc1cc(C)cc(COc2ccc(/C=C3\C(=O)NC(=O)N(c4ccc(OCc5ccccc5)cc4)C3=O)cc2Br)c1. The van der Waals surface area contributed by atoms with E-state index in [0.29, 0.717) is 40.4 Å². The minimum absolute atomic E-state index is 0.162. The number of nitrogens with zero attached hydrogens (tertiary/aromatic N) is 1. The Kier molecular flexibility index (Phi) is 8.31. The lowest BCUT2D eigenvalue weighted by atomic mass is 10.1. The van der Waals surface area contributed by atoms with E-state index in [0.717, 1.165) is 16.0 Å². The third kappa shape index (κ3) is 6.73. The zero-order valence-electron chi connectivity index (χ0n) is 22.5. The zero-order chi connectivity index (χ0) is 28.9. The second-order valence-corrected chi connectivity index (χ2v) is 10.6. The van der Waals surface area contributed by atoms with Gasteiger partial charge in [-0.15, -0.1) is 0 Å². The van der Waals surface area contributed by atoms with Gasteiger partial charge in [-0.2, -0.15) is 0 Å². The van der Waals surface area contributed by atoms with E-state index in [2.05, 4.69) is 39.4 Å². The van der Waals surface area contributed by atoms with Crippen molar-refractivity contribution in [3.05, 3.63) is 129 Å². The minimum Gasteiger partial charge on any atom is -0.489 e. The Morgan fingerprint density at radius 2 is 1.46 bits per heavy atom. The van der Waals surface area contributed by atoms with Crippen LogP contribution >= 0.6 is 15.9 Å². The molecule has 7 nitrogen and oxygen atoms in total. The van der Waals surface area contributed by atoms with Gasteiger partial charge in [0.1, 0.15) is 30.3 Å². The monoisotopic (exact) mass is 610 g/mol. The summed E-state index contributed by atoms with van der Waals surface area (Å²) in [7, 11) is 0. The quantitative estimate of drug-likeness (QED) is 0.173. The molecule has 0 atom stereocenters. The van der Waals surface area contributed by atoms with E-state index in [-0.39, 0.29) is 5.57 Å². The number of urea groups is 1. The van der Waals surface area contributed by atoms with Crippen LogP contribution in [0.3, 0.4) is 0 Å². The third-order valence-corrected chi connectivity index (χ3v) is 7.01. The molecule has 41 heavy (non-hydrogen) atoms. The number of carbonyl (C=O) groups is 3. The molecule has 0 saturated carbocycles. The molecular weight excluding hydrogens is 584 g/mol. The van der Waals surface area contributed by atoms with Gasteiger partial charge in [-0.25, -0.2) is 9.69 Å². The molecule has 8 heteroatoms. The standard InChI is InChI=1S/C33H27BrN2O5/c1-21-14-22(2)16-25(15-21)20-41-30-13-8-24(18-29(30)34)17-28-31(37)35-33(39)36(32(28)38)26-9-11-27(12-10-26)40-19-23-6-4-3-5-7-23/h3-18H,19-20H2,1-2H3,(H,35,37,39)/b28-17+. The van der Waals surface area contributed by atoms with Crippen LogP contribution in [-0.2, 0) is 22.8 Å². The molecule has 1 N–H and O–H groups in total. The summed E-state index contributed by atoms with van der Waals surface area (Å²) >= 11 is 3.52. The third-order valence-electron chi connectivity index (χ3n) is 6.39. The fourth-order valence-electron chi connectivity index (χ4n) is 4.53. The Hall–Kier alpha value is -4.69. The first-order chi connectivity index (χ1) is 19.8. The van der Waals surface area contributed by atoms with Crippen molar-refractivity contribution in [3.8, 4) is 11.5 Å². The summed E-state index contributed by atoms with van der Waals surface area (Å²) in [6.45, 7) is 4.87. The highest BCUT2D eigenvalue weighted by molar-refractivity contribution is 9.10. The van der Waals surface area contributed by atoms with Crippen molar-refractivity contribution in [3.63, 3.8) is 0 Å². The van der Waals surface area contributed by atoms with Crippen LogP contribution in [0.5, 0.6) is 11.5 Å². The van der Waals surface area contributed by atoms with Gasteiger partial charge in [-0.05, 0) is 88.9 Å². The average Bonchev–Trinajstić information content (AvgIpc) is 2.94. The number of carbonyl (C=O) groups excluding carboxylic acids is 3. The molecule has 0 radical (unpaired) electrons. The van der Waals surface area contributed by atoms with Crippen molar-refractivity contribution in [2.45, 2.75) is 27.1 Å². The minimum atomic E-state index is -0.814. The van der Waals surface area contributed by atoms with Crippen molar-refractivity contribution in [1.29, 1.82) is 0 Å². The zero-order valence-corrected chi connectivity index (χ0v) is 24.1. The van der Waals surface area contributed by atoms with E-state index in [1.54, 1.807) is 42.5 Å². The number of benzene rings is 4. The van der Waals surface area contributed by atoms with Crippen LogP contribution in [0.25, 0.3) is 6.08 Å². The van der Waals surface area contributed by atoms with E-state index in [9.17, 15) is 14.4 Å². The van der Waals surface area contributed by atoms with Gasteiger partial charge in [-0.3, -0.25) is 14.9 Å². The number of ether oxygens (including phenoxy) is 2. The summed E-state index contributed by atoms with van der Waals surface area (Å²) in [6, 6.07) is 27.0. The van der Waals surface area contributed by atoms with Crippen LogP contribution < -0.4 is 19.7 Å². The van der Waals surface area contributed by atoms with E-state index in [1.807, 2.05) is 44.2 Å². The second-order valence-electron chi connectivity index (χ2n) is 9.70. The van der Waals surface area contributed by atoms with Crippen molar-refractivity contribution in [1.82, 2.24) is 5.32 Å². The molecule has 1 heterocycles. The number of halogens is 1. The maximum Gasteiger partial charge on any atom is 0.335 e. The number of imide groups is 2. The van der Waals surface area contributed by atoms with Crippen molar-refractivity contribution in [2.75, 3.05) is 4.90 Å². The molecule has 1 saturated heterocycles. The van der Waals surface area contributed by atoms with Crippen molar-refractivity contribution in [2.24, 2.45) is 0 Å². The summed E-state index contributed by atoms with van der Waals surface area (Å²) in [5.74, 6) is -0.274. The molecule has 5 rings (SSSR count). The Morgan fingerprint density at radius 3 is 2.15 bits per heavy atom. The van der Waals surface area contributed by atoms with E-state index >= 15 is 0 Å². The van der Waals surface area contributed by atoms with Crippen LogP contribution in [0, 0.1) is 13.8 Å². The first-order valence-corrected chi connectivity index (χ1v) is 13.7. The summed E-state index contributed by atoms with van der Waals surface area (Å²) in [5, 5.41) is 2.25. The lowest BCUT2D eigenvalue weighted by molar-refractivity contribution is -0.122. The lowest BCUT2D eigenvalue weighted by Gasteiger charge is -2.26. The van der Waals surface area contributed by atoms with Crippen LogP contribution in [-0.4, -0.2) is 17.8 Å². The van der Waals surface area contributed by atoms with Gasteiger partial charge < -0.3 is 9.47 Å². The summed E-state index contributed by atoms with van der Waals surface area (Å²) in [4.78, 5) is 39.5. The Bertz CT molecular complexity index is 1630. The predicted octanol–water partition coefficient (Wildman–Crippen LogP) is 6.89.